The molecule has 0 aliphatic rings. The SMILES string of the molecule is COc1ccc(Cl)c2sc(N(CCN(C)C)C(=O)c3ccc(F)c(F)c3)nc12.Cl. The number of ether oxygens (including phenoxy) is 1. The summed E-state index contributed by atoms with van der Waals surface area (Å²) in [7, 11) is 5.27. The van der Waals surface area contributed by atoms with Crippen LogP contribution in [-0.4, -0.2) is 50.1 Å². The summed E-state index contributed by atoms with van der Waals surface area (Å²) in [4.78, 5) is 20.9. The first-order valence-corrected chi connectivity index (χ1v) is 9.56. The molecule has 1 aromatic heterocycles. The maximum absolute atomic E-state index is 13.6. The second-order valence-corrected chi connectivity index (χ2v) is 7.70. The molecule has 0 aliphatic carbocycles. The number of fused-ring (bicyclic) bond motifs is 1. The van der Waals surface area contributed by atoms with Gasteiger partial charge in [-0.1, -0.05) is 22.9 Å². The van der Waals surface area contributed by atoms with Crippen LogP contribution in [0.1, 0.15) is 10.4 Å². The van der Waals surface area contributed by atoms with Crippen molar-refractivity contribution in [1.29, 1.82) is 0 Å². The van der Waals surface area contributed by atoms with Gasteiger partial charge in [0.25, 0.3) is 5.91 Å². The molecule has 156 valence electrons. The number of carbonyl (C=O) groups is 1. The van der Waals surface area contributed by atoms with Crippen LogP contribution in [0.25, 0.3) is 10.2 Å². The molecule has 0 atom stereocenters. The van der Waals surface area contributed by atoms with Gasteiger partial charge in [-0.05, 0) is 44.4 Å². The summed E-state index contributed by atoms with van der Waals surface area (Å²) in [6.07, 6.45) is 0. The number of benzene rings is 2. The lowest BCUT2D eigenvalue weighted by molar-refractivity contribution is 0.0984. The van der Waals surface area contributed by atoms with Crippen LogP contribution in [0.5, 0.6) is 5.75 Å². The highest BCUT2D eigenvalue weighted by Gasteiger charge is 2.24. The van der Waals surface area contributed by atoms with Crippen LogP contribution in [0.4, 0.5) is 13.9 Å². The van der Waals surface area contributed by atoms with Crippen LogP contribution in [-0.2, 0) is 0 Å². The third-order valence-corrected chi connectivity index (χ3v) is 5.62. The molecule has 29 heavy (non-hydrogen) atoms. The Kier molecular flexibility index (Phi) is 7.76. The molecular formula is C19H19Cl2F2N3O2S. The van der Waals surface area contributed by atoms with Crippen LogP contribution < -0.4 is 9.64 Å². The Bertz CT molecular complexity index is 1030. The second kappa shape index (κ2) is 9.67. The number of nitrogens with zero attached hydrogens (tertiary/aromatic N) is 3. The third-order valence-electron chi connectivity index (χ3n) is 4.08. The van der Waals surface area contributed by atoms with E-state index in [0.717, 1.165) is 12.1 Å². The topological polar surface area (TPSA) is 45.7 Å². The second-order valence-electron chi connectivity index (χ2n) is 6.31. The zero-order valence-corrected chi connectivity index (χ0v) is 18.3. The molecule has 0 saturated heterocycles. The molecule has 0 aliphatic heterocycles. The quantitative estimate of drug-likeness (QED) is 0.525. The van der Waals surface area contributed by atoms with E-state index in [1.54, 1.807) is 12.1 Å². The first kappa shape index (κ1) is 23.3. The highest BCUT2D eigenvalue weighted by molar-refractivity contribution is 7.23. The van der Waals surface area contributed by atoms with Crippen LogP contribution in [0.2, 0.25) is 5.02 Å². The van der Waals surface area contributed by atoms with Gasteiger partial charge in [-0.15, -0.1) is 12.4 Å². The first-order valence-electron chi connectivity index (χ1n) is 8.36. The van der Waals surface area contributed by atoms with Crippen molar-refractivity contribution < 1.29 is 18.3 Å². The first-order chi connectivity index (χ1) is 13.3. The third kappa shape index (κ3) is 4.95. The Hall–Kier alpha value is -2.00. The summed E-state index contributed by atoms with van der Waals surface area (Å²) in [5, 5.41) is 0.894. The van der Waals surface area contributed by atoms with Gasteiger partial charge < -0.3 is 9.64 Å². The van der Waals surface area contributed by atoms with E-state index in [-0.39, 0.29) is 18.0 Å². The van der Waals surface area contributed by atoms with E-state index >= 15 is 0 Å². The fourth-order valence-corrected chi connectivity index (χ4v) is 3.87. The number of likely N-dealkylation sites (N-methyl/N-ethyl adjacent to an activating group) is 1. The summed E-state index contributed by atoms with van der Waals surface area (Å²) >= 11 is 7.52. The molecule has 0 radical (unpaired) electrons. The lowest BCUT2D eigenvalue weighted by Crippen LogP contribution is -2.36. The van der Waals surface area contributed by atoms with Crippen molar-refractivity contribution in [2.24, 2.45) is 0 Å². The largest absolute Gasteiger partial charge is 0.494 e. The van der Waals surface area contributed by atoms with E-state index in [2.05, 4.69) is 4.98 Å². The molecule has 3 rings (SSSR count). The van der Waals surface area contributed by atoms with Crippen LogP contribution in [0.3, 0.4) is 0 Å². The molecule has 0 fully saturated rings. The molecule has 1 amide bonds. The number of methoxy groups -OCH3 is 1. The van der Waals surface area contributed by atoms with E-state index in [4.69, 9.17) is 16.3 Å². The summed E-state index contributed by atoms with van der Waals surface area (Å²) < 4.78 is 32.9. The Morgan fingerprint density at radius 1 is 1.17 bits per heavy atom. The van der Waals surface area contributed by atoms with Crippen LogP contribution in [0, 0.1) is 11.6 Å². The Morgan fingerprint density at radius 3 is 2.52 bits per heavy atom. The molecule has 5 nitrogen and oxygen atoms in total. The van der Waals surface area contributed by atoms with Gasteiger partial charge in [0.2, 0.25) is 0 Å². The molecule has 10 heteroatoms. The molecule has 0 saturated carbocycles. The Balaban J connectivity index is 0.00000300. The fourth-order valence-electron chi connectivity index (χ4n) is 2.59. The van der Waals surface area contributed by atoms with Crippen molar-refractivity contribution >= 4 is 56.6 Å². The van der Waals surface area contributed by atoms with Crippen molar-refractivity contribution in [3.8, 4) is 5.75 Å². The minimum atomic E-state index is -1.08. The van der Waals surface area contributed by atoms with Gasteiger partial charge in [0.15, 0.2) is 16.8 Å². The van der Waals surface area contributed by atoms with Gasteiger partial charge in [0.05, 0.1) is 16.8 Å². The van der Waals surface area contributed by atoms with Crippen molar-refractivity contribution in [2.45, 2.75) is 0 Å². The summed E-state index contributed by atoms with van der Waals surface area (Å²) in [5.41, 5.74) is 0.581. The number of hydrogen-bond donors (Lipinski definition) is 0. The van der Waals surface area contributed by atoms with Crippen molar-refractivity contribution in [1.82, 2.24) is 9.88 Å². The average Bonchev–Trinajstić information content (AvgIpc) is 3.10. The highest BCUT2D eigenvalue weighted by Crippen LogP contribution is 2.39. The predicted octanol–water partition coefficient (Wildman–Crippen LogP) is 4.87. The number of halogens is 4. The predicted molar refractivity (Wildman–Crippen MR) is 115 cm³/mol. The summed E-state index contributed by atoms with van der Waals surface area (Å²) in [6, 6.07) is 6.48. The number of thiazole rings is 1. The summed E-state index contributed by atoms with van der Waals surface area (Å²) in [6.45, 7) is 0.862. The van der Waals surface area contributed by atoms with Gasteiger partial charge >= 0.3 is 0 Å². The lowest BCUT2D eigenvalue weighted by atomic mass is 10.2. The molecule has 0 bridgehead atoms. The fraction of sp³-hybridized carbons (Fsp3) is 0.263. The molecule has 0 N–H and O–H groups in total. The van der Waals surface area contributed by atoms with Crippen LogP contribution in [0.15, 0.2) is 30.3 Å². The molecule has 2 aromatic carbocycles. The van der Waals surface area contributed by atoms with E-state index in [1.165, 1.54) is 29.4 Å². The molecule has 0 unspecified atom stereocenters. The molecule has 1 heterocycles. The van der Waals surface area contributed by atoms with E-state index in [0.29, 0.717) is 39.2 Å². The smallest absolute Gasteiger partial charge is 0.260 e. The van der Waals surface area contributed by atoms with E-state index < -0.39 is 17.5 Å². The summed E-state index contributed by atoms with van der Waals surface area (Å²) in [5.74, 6) is -2.02. The number of carbonyl (C=O) groups excluding carboxylic acids is 1. The number of hydrogen-bond acceptors (Lipinski definition) is 5. The van der Waals surface area contributed by atoms with E-state index in [9.17, 15) is 13.6 Å². The van der Waals surface area contributed by atoms with Gasteiger partial charge in [0.1, 0.15) is 11.3 Å². The van der Waals surface area contributed by atoms with Crippen LogP contribution >= 0.6 is 35.3 Å². The van der Waals surface area contributed by atoms with Gasteiger partial charge in [-0.25, -0.2) is 13.8 Å². The molecular weight excluding hydrogens is 443 g/mol. The van der Waals surface area contributed by atoms with Gasteiger partial charge in [0, 0.05) is 18.7 Å². The maximum atomic E-state index is 13.6. The highest BCUT2D eigenvalue weighted by atomic mass is 35.5. The minimum Gasteiger partial charge on any atom is -0.494 e. The Labute approximate surface area is 182 Å². The normalized spacial score (nSPS) is 10.9. The van der Waals surface area contributed by atoms with Gasteiger partial charge in [-0.3, -0.25) is 9.69 Å². The number of anilines is 1. The zero-order chi connectivity index (χ0) is 20.4. The zero-order valence-electron chi connectivity index (χ0n) is 15.9. The maximum Gasteiger partial charge on any atom is 0.260 e. The molecule has 0 spiro atoms. The minimum absolute atomic E-state index is 0. The Morgan fingerprint density at radius 2 is 1.90 bits per heavy atom. The standard InChI is InChI=1S/C19H18ClF2N3O2S.ClH/c1-24(2)8-9-25(18(26)11-4-6-13(21)14(22)10-11)19-23-16-15(27-3)7-5-12(20)17(16)28-19;/h4-7,10H,8-9H2,1-3H3;1H. The number of rotatable bonds is 6. The molecule has 3 aromatic rings. The monoisotopic (exact) mass is 461 g/mol. The van der Waals surface area contributed by atoms with Crippen molar-refractivity contribution in [2.75, 3.05) is 39.2 Å². The van der Waals surface area contributed by atoms with Crippen molar-refractivity contribution in [3.63, 3.8) is 0 Å². The number of aromatic nitrogens is 1. The lowest BCUT2D eigenvalue weighted by Gasteiger charge is -2.22. The van der Waals surface area contributed by atoms with E-state index in [1.807, 2.05) is 19.0 Å². The average molecular weight is 462 g/mol. The van der Waals surface area contributed by atoms with Gasteiger partial charge in [-0.2, -0.15) is 0 Å². The van der Waals surface area contributed by atoms with Crippen molar-refractivity contribution in [3.05, 3.63) is 52.6 Å². The number of amides is 1.